The molecule has 0 spiro atoms. The van der Waals surface area contributed by atoms with E-state index in [1.807, 2.05) is 66.7 Å². The minimum absolute atomic E-state index is 0.312. The van der Waals surface area contributed by atoms with Gasteiger partial charge in [-0.15, -0.1) is 0 Å². The summed E-state index contributed by atoms with van der Waals surface area (Å²) in [5, 5.41) is 3.66. The number of hydrogen-bond donors (Lipinski definition) is 0. The third-order valence-corrected chi connectivity index (χ3v) is 7.27. The third-order valence-electron chi connectivity index (χ3n) is 7.27. The van der Waals surface area contributed by atoms with Crippen LogP contribution in [0.2, 0.25) is 0 Å². The van der Waals surface area contributed by atoms with Gasteiger partial charge in [0.2, 0.25) is 0 Å². The van der Waals surface area contributed by atoms with Crippen molar-refractivity contribution in [2.75, 3.05) is 11.5 Å². The van der Waals surface area contributed by atoms with Gasteiger partial charge >= 0.3 is 0 Å². The zero-order chi connectivity index (χ0) is 27.6. The second kappa shape index (κ2) is 10.7. The number of amides is 2. The van der Waals surface area contributed by atoms with E-state index < -0.39 is 0 Å². The highest BCUT2D eigenvalue weighted by Crippen LogP contribution is 2.34. The highest BCUT2D eigenvalue weighted by molar-refractivity contribution is 6.36. The van der Waals surface area contributed by atoms with Crippen LogP contribution in [-0.4, -0.2) is 18.4 Å². The summed E-state index contributed by atoms with van der Waals surface area (Å²) in [4.78, 5) is 28.4. The molecule has 40 heavy (non-hydrogen) atoms. The van der Waals surface area contributed by atoms with Gasteiger partial charge in [0.15, 0.2) is 0 Å². The van der Waals surface area contributed by atoms with E-state index >= 15 is 0 Å². The molecule has 0 fully saturated rings. The fourth-order valence-corrected chi connectivity index (χ4v) is 5.29. The lowest BCUT2D eigenvalue weighted by Crippen LogP contribution is -2.40. The van der Waals surface area contributed by atoms with E-state index in [1.54, 1.807) is 12.1 Å². The molecule has 196 valence electrons. The Balaban J connectivity index is 1.34. The Kier molecular flexibility index (Phi) is 6.80. The van der Waals surface area contributed by atoms with E-state index in [4.69, 9.17) is 4.74 Å². The minimum atomic E-state index is -0.312. The summed E-state index contributed by atoms with van der Waals surface area (Å²) in [6.07, 6.45) is 2.97. The van der Waals surface area contributed by atoms with Gasteiger partial charge in [0.05, 0.1) is 12.3 Å². The van der Waals surface area contributed by atoms with Gasteiger partial charge in [0.25, 0.3) is 11.8 Å². The minimum Gasteiger partial charge on any atom is -0.494 e. The highest BCUT2D eigenvalue weighted by Gasteiger charge is 2.34. The van der Waals surface area contributed by atoms with Crippen LogP contribution < -0.4 is 9.64 Å². The van der Waals surface area contributed by atoms with E-state index in [1.165, 1.54) is 10.5 Å². The molecule has 5 aromatic carbocycles. The monoisotopic (exact) mass is 523 g/mol. The molecular formula is C36H29NO3. The summed E-state index contributed by atoms with van der Waals surface area (Å²) >= 11 is 0. The molecule has 5 aromatic rings. The molecule has 0 saturated heterocycles. The van der Waals surface area contributed by atoms with Crippen molar-refractivity contribution in [1.82, 2.24) is 0 Å². The van der Waals surface area contributed by atoms with E-state index in [9.17, 15) is 9.59 Å². The maximum absolute atomic E-state index is 13.6. The number of benzene rings is 5. The van der Waals surface area contributed by atoms with Gasteiger partial charge in [-0.3, -0.25) is 9.59 Å². The van der Waals surface area contributed by atoms with Gasteiger partial charge in [-0.05, 0) is 89.2 Å². The number of nitrogens with zero attached hydrogens (tertiary/aromatic N) is 1. The van der Waals surface area contributed by atoms with Crippen LogP contribution in [0.25, 0.3) is 21.5 Å². The molecule has 0 aliphatic carbocycles. The van der Waals surface area contributed by atoms with Crippen molar-refractivity contribution in [3.63, 3.8) is 0 Å². The van der Waals surface area contributed by atoms with Crippen molar-refractivity contribution < 1.29 is 14.3 Å². The van der Waals surface area contributed by atoms with Crippen molar-refractivity contribution in [1.29, 1.82) is 0 Å². The maximum atomic E-state index is 13.6. The molecule has 0 radical (unpaired) electrons. The van der Waals surface area contributed by atoms with E-state index in [0.717, 1.165) is 52.3 Å². The zero-order valence-corrected chi connectivity index (χ0v) is 22.7. The summed E-state index contributed by atoms with van der Waals surface area (Å²) in [5.41, 5.74) is 4.47. The molecule has 0 N–H and O–H groups in total. The molecule has 0 aromatic heterocycles. The predicted octanol–water partition coefficient (Wildman–Crippen LogP) is 7.93. The first-order valence-electron chi connectivity index (χ1n) is 13.8. The number of imide groups is 1. The van der Waals surface area contributed by atoms with Crippen molar-refractivity contribution in [3.05, 3.63) is 119 Å². The molecule has 1 heterocycles. The Labute approximate surface area is 234 Å². The van der Waals surface area contributed by atoms with Crippen LogP contribution in [0.15, 0.2) is 91.0 Å². The van der Waals surface area contributed by atoms with Gasteiger partial charge in [0.1, 0.15) is 5.75 Å². The Morgan fingerprint density at radius 1 is 0.725 bits per heavy atom. The summed E-state index contributed by atoms with van der Waals surface area (Å²) in [6.45, 7) is 4.92. The second-order valence-corrected chi connectivity index (χ2v) is 10.1. The Bertz CT molecular complexity index is 1820. The average Bonchev–Trinajstić information content (AvgIpc) is 2.98. The summed E-state index contributed by atoms with van der Waals surface area (Å²) in [7, 11) is 0. The average molecular weight is 524 g/mol. The number of fused-ring (bicyclic) bond motifs is 1. The molecule has 0 unspecified atom stereocenters. The maximum Gasteiger partial charge on any atom is 0.265 e. The summed E-state index contributed by atoms with van der Waals surface area (Å²) in [5.74, 6) is 6.82. The lowest BCUT2D eigenvalue weighted by atomic mass is 9.91. The number of carbonyl (C=O) groups excluding carboxylic acids is 2. The van der Waals surface area contributed by atoms with E-state index in [2.05, 4.69) is 37.8 Å². The third kappa shape index (κ3) is 4.61. The SMILES string of the molecule is CCCOc1ccc2cc(C#Cc3ccc4c5c(cccc35)C(=O)N(c3ccc(CCC)cc3)C4=O)ccc2c1. The number of carbonyl (C=O) groups is 2. The first kappa shape index (κ1) is 25.4. The smallest absolute Gasteiger partial charge is 0.265 e. The molecule has 0 atom stereocenters. The molecule has 1 aliphatic rings. The molecule has 1 aliphatic heterocycles. The number of aryl methyl sites for hydroxylation is 1. The Hall–Kier alpha value is -4.88. The molecule has 0 bridgehead atoms. The van der Waals surface area contributed by atoms with Crippen molar-refractivity contribution >= 4 is 39.0 Å². The Morgan fingerprint density at radius 2 is 1.48 bits per heavy atom. The molecule has 4 nitrogen and oxygen atoms in total. The molecule has 6 rings (SSSR count). The highest BCUT2D eigenvalue weighted by atomic mass is 16.5. The Morgan fingerprint density at radius 3 is 2.25 bits per heavy atom. The summed E-state index contributed by atoms with van der Waals surface area (Å²) in [6, 6.07) is 29.1. The van der Waals surface area contributed by atoms with E-state index in [0.29, 0.717) is 28.8 Å². The van der Waals surface area contributed by atoms with Crippen LogP contribution in [0.3, 0.4) is 0 Å². The summed E-state index contributed by atoms with van der Waals surface area (Å²) < 4.78 is 5.75. The van der Waals surface area contributed by atoms with Gasteiger partial charge in [-0.25, -0.2) is 4.90 Å². The van der Waals surface area contributed by atoms with Crippen LogP contribution in [0.1, 0.15) is 64.1 Å². The zero-order valence-electron chi connectivity index (χ0n) is 22.7. The lowest BCUT2D eigenvalue weighted by Gasteiger charge is -2.27. The quantitative estimate of drug-likeness (QED) is 0.168. The van der Waals surface area contributed by atoms with Crippen molar-refractivity contribution in [2.24, 2.45) is 0 Å². The largest absolute Gasteiger partial charge is 0.494 e. The van der Waals surface area contributed by atoms with Crippen molar-refractivity contribution in [3.8, 4) is 17.6 Å². The number of anilines is 1. The van der Waals surface area contributed by atoms with Crippen LogP contribution in [-0.2, 0) is 6.42 Å². The number of rotatable bonds is 6. The van der Waals surface area contributed by atoms with Gasteiger partial charge < -0.3 is 4.74 Å². The van der Waals surface area contributed by atoms with Crippen LogP contribution in [0.5, 0.6) is 5.75 Å². The fourth-order valence-electron chi connectivity index (χ4n) is 5.29. The number of hydrogen-bond acceptors (Lipinski definition) is 3. The van der Waals surface area contributed by atoms with Gasteiger partial charge in [-0.1, -0.05) is 68.5 Å². The van der Waals surface area contributed by atoms with Crippen LogP contribution in [0.4, 0.5) is 5.69 Å². The lowest BCUT2D eigenvalue weighted by molar-refractivity contribution is 0.0893. The van der Waals surface area contributed by atoms with Gasteiger partial charge in [0, 0.05) is 27.6 Å². The van der Waals surface area contributed by atoms with Gasteiger partial charge in [-0.2, -0.15) is 0 Å². The number of ether oxygens (including phenoxy) is 1. The second-order valence-electron chi connectivity index (χ2n) is 10.1. The predicted molar refractivity (Wildman–Crippen MR) is 161 cm³/mol. The molecule has 4 heteroatoms. The first-order valence-corrected chi connectivity index (χ1v) is 13.8. The standard InChI is InChI=1S/C36H29NO3/c1-3-6-24-11-17-29(18-12-24)37-35(38)32-8-5-7-31-26(16-20-33(34(31)32)36(37)39)13-9-25-10-14-28-23-30(40-21-4-2)19-15-27(28)22-25/h5,7-8,10-12,14-20,22-23H,3-4,6,21H2,1-2H3. The molecule has 0 saturated carbocycles. The molecule has 2 amide bonds. The normalized spacial score (nSPS) is 12.5. The van der Waals surface area contributed by atoms with Crippen molar-refractivity contribution in [2.45, 2.75) is 33.1 Å². The van der Waals surface area contributed by atoms with E-state index in [-0.39, 0.29) is 11.8 Å². The first-order chi connectivity index (χ1) is 19.6. The topological polar surface area (TPSA) is 46.6 Å². The fraction of sp³-hybridized carbons (Fsp3) is 0.167. The van der Waals surface area contributed by atoms with Crippen LogP contribution in [0, 0.1) is 11.8 Å². The molecular weight excluding hydrogens is 494 g/mol. The van der Waals surface area contributed by atoms with Crippen LogP contribution >= 0.6 is 0 Å².